The third-order valence-corrected chi connectivity index (χ3v) is 3.75. The van der Waals surface area contributed by atoms with Crippen LogP contribution >= 0.6 is 0 Å². The molecule has 3 N–H and O–H groups in total. The summed E-state index contributed by atoms with van der Waals surface area (Å²) in [6, 6.07) is 11.4. The smallest absolute Gasteiger partial charge is 0.307 e. The lowest BCUT2D eigenvalue weighted by atomic mass is 9.97. The number of rotatable bonds is 2. The van der Waals surface area contributed by atoms with Gasteiger partial charge in [-0.25, -0.2) is 0 Å². The highest BCUT2D eigenvalue weighted by atomic mass is 16.4. The highest BCUT2D eigenvalue weighted by Crippen LogP contribution is 2.35. The fraction of sp³-hybridized carbons (Fsp3) is 0.267. The van der Waals surface area contributed by atoms with E-state index in [1.165, 1.54) is 0 Å². The van der Waals surface area contributed by atoms with E-state index < -0.39 is 5.97 Å². The van der Waals surface area contributed by atoms with Gasteiger partial charge < -0.3 is 15.5 Å². The van der Waals surface area contributed by atoms with Crippen molar-refractivity contribution in [3.05, 3.63) is 42.0 Å². The maximum atomic E-state index is 11.0. The van der Waals surface area contributed by atoms with Crippen LogP contribution in [0, 0.1) is 5.92 Å². The molecular formula is C15H15NO3. The molecule has 1 fully saturated rings. The molecule has 0 spiro atoms. The number of phenolic OH excluding ortho intramolecular Hbond substituents is 1. The number of aliphatic carboxylic acids is 1. The highest BCUT2D eigenvalue weighted by Gasteiger charge is 2.31. The van der Waals surface area contributed by atoms with E-state index in [0.29, 0.717) is 13.0 Å². The average Bonchev–Trinajstić information content (AvgIpc) is 2.87. The molecule has 1 aliphatic rings. The lowest BCUT2D eigenvalue weighted by Crippen LogP contribution is -2.17. The molecule has 0 aliphatic carbocycles. The van der Waals surface area contributed by atoms with E-state index in [4.69, 9.17) is 5.11 Å². The van der Waals surface area contributed by atoms with Crippen molar-refractivity contribution in [2.75, 3.05) is 6.54 Å². The normalized spacial score (nSPS) is 22.7. The van der Waals surface area contributed by atoms with Crippen molar-refractivity contribution in [1.29, 1.82) is 0 Å². The van der Waals surface area contributed by atoms with E-state index in [2.05, 4.69) is 5.32 Å². The lowest BCUT2D eigenvalue weighted by molar-refractivity contribution is -0.141. The first-order valence-electron chi connectivity index (χ1n) is 6.33. The summed E-state index contributed by atoms with van der Waals surface area (Å²) >= 11 is 0. The van der Waals surface area contributed by atoms with Gasteiger partial charge in [0.15, 0.2) is 0 Å². The van der Waals surface area contributed by atoms with E-state index in [1.807, 2.05) is 30.3 Å². The van der Waals surface area contributed by atoms with Crippen molar-refractivity contribution in [3.63, 3.8) is 0 Å². The Hall–Kier alpha value is -2.07. The number of aromatic hydroxyl groups is 1. The summed E-state index contributed by atoms with van der Waals surface area (Å²) in [6.07, 6.45) is 0.515. The van der Waals surface area contributed by atoms with E-state index in [0.717, 1.165) is 16.3 Å². The molecule has 2 aromatic rings. The number of nitrogens with one attached hydrogen (secondary N) is 1. The summed E-state index contributed by atoms with van der Waals surface area (Å²) in [5.41, 5.74) is 0.780. The van der Waals surface area contributed by atoms with Crippen molar-refractivity contribution in [1.82, 2.24) is 5.32 Å². The minimum atomic E-state index is -0.782. The molecule has 0 bridgehead atoms. The highest BCUT2D eigenvalue weighted by molar-refractivity contribution is 5.85. The number of benzene rings is 2. The summed E-state index contributed by atoms with van der Waals surface area (Å²) < 4.78 is 0. The molecule has 1 saturated heterocycles. The van der Waals surface area contributed by atoms with E-state index in [1.54, 1.807) is 6.07 Å². The fourth-order valence-corrected chi connectivity index (χ4v) is 2.69. The summed E-state index contributed by atoms with van der Waals surface area (Å²) in [4.78, 5) is 11.0. The second-order valence-corrected chi connectivity index (χ2v) is 4.99. The van der Waals surface area contributed by atoms with Gasteiger partial charge in [-0.15, -0.1) is 0 Å². The summed E-state index contributed by atoms with van der Waals surface area (Å²) in [5.74, 6) is -0.937. The zero-order valence-corrected chi connectivity index (χ0v) is 10.3. The first kappa shape index (κ1) is 12.0. The fourth-order valence-electron chi connectivity index (χ4n) is 2.69. The van der Waals surface area contributed by atoms with E-state index >= 15 is 0 Å². The standard InChI is InChI=1S/C15H15NO3/c17-14-7-10-4-2-1-3-9(10)5-12(14)13-6-11(8-16-13)15(18)19/h1-5,7,11,13,16-17H,6,8H2,(H,18,19). The Bertz CT molecular complexity index is 638. The van der Waals surface area contributed by atoms with Gasteiger partial charge in [0.1, 0.15) is 5.75 Å². The van der Waals surface area contributed by atoms with Gasteiger partial charge in [-0.2, -0.15) is 0 Å². The predicted molar refractivity (Wildman–Crippen MR) is 72.1 cm³/mol. The second-order valence-electron chi connectivity index (χ2n) is 4.99. The van der Waals surface area contributed by atoms with Crippen LogP contribution in [-0.4, -0.2) is 22.7 Å². The molecule has 2 unspecified atom stereocenters. The molecule has 2 atom stereocenters. The molecule has 1 heterocycles. The van der Waals surface area contributed by atoms with Crippen molar-refractivity contribution >= 4 is 16.7 Å². The third kappa shape index (κ3) is 2.15. The maximum absolute atomic E-state index is 11.0. The van der Waals surface area contributed by atoms with Crippen LogP contribution in [0.1, 0.15) is 18.0 Å². The first-order valence-corrected chi connectivity index (χ1v) is 6.33. The summed E-state index contributed by atoms with van der Waals surface area (Å²) in [7, 11) is 0. The summed E-state index contributed by atoms with van der Waals surface area (Å²) in [6.45, 7) is 0.451. The third-order valence-electron chi connectivity index (χ3n) is 3.75. The molecular weight excluding hydrogens is 242 g/mol. The van der Waals surface area contributed by atoms with Crippen LogP contribution < -0.4 is 5.32 Å². The van der Waals surface area contributed by atoms with Gasteiger partial charge in [-0.05, 0) is 29.3 Å². The Labute approximate surface area is 110 Å². The van der Waals surface area contributed by atoms with Gasteiger partial charge in [-0.3, -0.25) is 4.79 Å². The molecule has 1 aliphatic heterocycles. The molecule has 19 heavy (non-hydrogen) atoms. The Morgan fingerprint density at radius 1 is 1.21 bits per heavy atom. The largest absolute Gasteiger partial charge is 0.508 e. The number of carboxylic acids is 1. The Morgan fingerprint density at radius 2 is 1.89 bits per heavy atom. The topological polar surface area (TPSA) is 69.6 Å². The molecule has 3 rings (SSSR count). The SMILES string of the molecule is O=C(O)C1CNC(c2cc3ccccc3cc2O)C1. The Morgan fingerprint density at radius 3 is 2.53 bits per heavy atom. The summed E-state index contributed by atoms with van der Waals surface area (Å²) in [5, 5.41) is 24.3. The number of carbonyl (C=O) groups is 1. The van der Waals surface area contributed by atoms with Gasteiger partial charge in [0, 0.05) is 18.2 Å². The number of fused-ring (bicyclic) bond motifs is 1. The van der Waals surface area contributed by atoms with Crippen LogP contribution in [-0.2, 0) is 4.79 Å². The quantitative estimate of drug-likeness (QED) is 0.772. The van der Waals surface area contributed by atoms with Gasteiger partial charge in [0.25, 0.3) is 0 Å². The van der Waals surface area contributed by atoms with E-state index in [9.17, 15) is 9.90 Å². The molecule has 0 saturated carbocycles. The van der Waals surface area contributed by atoms with Crippen molar-refractivity contribution < 1.29 is 15.0 Å². The Kier molecular flexibility index (Phi) is 2.87. The molecule has 4 nitrogen and oxygen atoms in total. The van der Waals surface area contributed by atoms with Gasteiger partial charge in [0.2, 0.25) is 0 Å². The minimum Gasteiger partial charge on any atom is -0.508 e. The van der Waals surface area contributed by atoms with Crippen LogP contribution in [0.2, 0.25) is 0 Å². The minimum absolute atomic E-state index is 0.0919. The Balaban J connectivity index is 1.97. The number of hydrogen-bond donors (Lipinski definition) is 3. The maximum Gasteiger partial charge on any atom is 0.307 e. The van der Waals surface area contributed by atoms with Crippen molar-refractivity contribution in [2.24, 2.45) is 5.92 Å². The first-order chi connectivity index (χ1) is 9.15. The average molecular weight is 257 g/mol. The molecule has 98 valence electrons. The number of hydrogen-bond acceptors (Lipinski definition) is 3. The number of phenols is 1. The predicted octanol–water partition coefficient (Wildman–Crippen LogP) is 2.28. The van der Waals surface area contributed by atoms with E-state index in [-0.39, 0.29) is 17.7 Å². The molecule has 0 radical (unpaired) electrons. The lowest BCUT2D eigenvalue weighted by Gasteiger charge is -2.14. The van der Waals surface area contributed by atoms with Gasteiger partial charge in [0.05, 0.1) is 5.92 Å². The second kappa shape index (κ2) is 4.55. The van der Waals surface area contributed by atoms with Gasteiger partial charge in [-0.1, -0.05) is 24.3 Å². The number of carboxylic acid groups (broad SMARTS) is 1. The molecule has 2 aromatic carbocycles. The van der Waals surface area contributed by atoms with Crippen LogP contribution in [0.5, 0.6) is 5.75 Å². The van der Waals surface area contributed by atoms with Crippen LogP contribution in [0.25, 0.3) is 10.8 Å². The van der Waals surface area contributed by atoms with Crippen molar-refractivity contribution in [2.45, 2.75) is 12.5 Å². The zero-order chi connectivity index (χ0) is 13.4. The molecule has 0 aromatic heterocycles. The van der Waals surface area contributed by atoms with Crippen LogP contribution in [0.4, 0.5) is 0 Å². The van der Waals surface area contributed by atoms with Crippen LogP contribution in [0.3, 0.4) is 0 Å². The molecule has 0 amide bonds. The van der Waals surface area contributed by atoms with Crippen molar-refractivity contribution in [3.8, 4) is 5.75 Å². The zero-order valence-electron chi connectivity index (χ0n) is 10.3. The van der Waals surface area contributed by atoms with Crippen LogP contribution in [0.15, 0.2) is 36.4 Å². The van der Waals surface area contributed by atoms with Gasteiger partial charge >= 0.3 is 5.97 Å². The molecule has 4 heteroatoms. The monoisotopic (exact) mass is 257 g/mol.